The van der Waals surface area contributed by atoms with E-state index in [1.165, 1.54) is 5.56 Å². The summed E-state index contributed by atoms with van der Waals surface area (Å²) in [6.45, 7) is 9.61. The van der Waals surface area contributed by atoms with E-state index < -0.39 is 8.07 Å². The summed E-state index contributed by atoms with van der Waals surface area (Å²) in [6, 6.07) is 10.8. The van der Waals surface area contributed by atoms with Crippen LogP contribution < -0.4 is 0 Å². The number of rotatable bonds is 2. The average Bonchev–Trinajstić information content (AvgIpc) is 2.03. The summed E-state index contributed by atoms with van der Waals surface area (Å²) in [6.07, 6.45) is 0. The van der Waals surface area contributed by atoms with Crippen molar-refractivity contribution in [2.45, 2.75) is 32.1 Å². The fraction of sp³-hybridized carbons (Fsp3) is 0.455. The topological polar surface area (TPSA) is 0 Å². The van der Waals surface area contributed by atoms with E-state index in [0.29, 0.717) is 0 Å². The van der Waals surface area contributed by atoms with Crippen LogP contribution in [0.5, 0.6) is 0 Å². The van der Waals surface area contributed by atoms with Gasteiger partial charge in [-0.15, -0.1) is 0 Å². The minimum atomic E-state index is -1.00. The minimum absolute atomic E-state index is 0.763. The van der Waals surface area contributed by atoms with Crippen molar-refractivity contribution >= 4 is 8.07 Å². The van der Waals surface area contributed by atoms with Crippen molar-refractivity contribution in [3.8, 4) is 0 Å². The van der Waals surface area contributed by atoms with Crippen LogP contribution in [0.1, 0.15) is 18.0 Å². The SMILES string of the molecule is CC(c1ccccc1)[Si](C)(C)C. The van der Waals surface area contributed by atoms with Crippen molar-refractivity contribution in [2.24, 2.45) is 0 Å². The molecule has 0 radical (unpaired) electrons. The minimum Gasteiger partial charge on any atom is -0.0691 e. The molecule has 0 bridgehead atoms. The van der Waals surface area contributed by atoms with Crippen LogP contribution in [0.3, 0.4) is 0 Å². The van der Waals surface area contributed by atoms with Gasteiger partial charge in [0.1, 0.15) is 0 Å². The smallest absolute Gasteiger partial charge is 0.0517 e. The van der Waals surface area contributed by atoms with Crippen LogP contribution in [0.4, 0.5) is 0 Å². The molecule has 0 nitrogen and oxygen atoms in total. The molecular weight excluding hydrogens is 160 g/mol. The Balaban J connectivity index is 2.86. The fourth-order valence-electron chi connectivity index (χ4n) is 1.24. The van der Waals surface area contributed by atoms with E-state index in [-0.39, 0.29) is 0 Å². The standard InChI is InChI=1S/C11H18Si/c1-10(12(2,3)4)11-8-6-5-7-9-11/h5-10H,1-4H3. The lowest BCUT2D eigenvalue weighted by atomic mass is 10.2. The van der Waals surface area contributed by atoms with Gasteiger partial charge in [0.05, 0.1) is 8.07 Å². The van der Waals surface area contributed by atoms with Gasteiger partial charge in [-0.1, -0.05) is 56.9 Å². The van der Waals surface area contributed by atoms with Gasteiger partial charge < -0.3 is 0 Å². The van der Waals surface area contributed by atoms with Crippen LogP contribution in [-0.4, -0.2) is 8.07 Å². The summed E-state index contributed by atoms with van der Waals surface area (Å²) in [4.78, 5) is 0. The van der Waals surface area contributed by atoms with Gasteiger partial charge in [0.25, 0.3) is 0 Å². The van der Waals surface area contributed by atoms with E-state index in [1.807, 2.05) is 0 Å². The largest absolute Gasteiger partial charge is 0.0691 e. The van der Waals surface area contributed by atoms with Gasteiger partial charge in [-0.05, 0) is 11.1 Å². The third-order valence-corrected chi connectivity index (χ3v) is 5.53. The molecule has 0 amide bonds. The maximum atomic E-state index is 2.42. The van der Waals surface area contributed by atoms with Crippen LogP contribution in [0.15, 0.2) is 30.3 Å². The van der Waals surface area contributed by atoms with E-state index >= 15 is 0 Å². The second-order valence-electron chi connectivity index (χ2n) is 4.50. The molecule has 1 unspecified atom stereocenters. The number of benzene rings is 1. The summed E-state index contributed by atoms with van der Waals surface area (Å²) in [5.41, 5.74) is 2.26. The molecule has 0 aliphatic carbocycles. The maximum Gasteiger partial charge on any atom is 0.0517 e. The molecule has 0 heterocycles. The zero-order chi connectivity index (χ0) is 9.19. The van der Waals surface area contributed by atoms with E-state index in [2.05, 4.69) is 56.9 Å². The molecule has 1 aromatic carbocycles. The van der Waals surface area contributed by atoms with Crippen LogP contribution in [0, 0.1) is 0 Å². The molecule has 0 aromatic heterocycles. The normalized spacial score (nSPS) is 14.3. The molecule has 0 saturated carbocycles. The highest BCUT2D eigenvalue weighted by Gasteiger charge is 2.23. The second-order valence-corrected chi connectivity index (χ2v) is 10.1. The third kappa shape index (κ3) is 2.21. The van der Waals surface area contributed by atoms with E-state index in [9.17, 15) is 0 Å². The van der Waals surface area contributed by atoms with Crippen molar-refractivity contribution in [3.63, 3.8) is 0 Å². The first-order valence-corrected chi connectivity index (χ1v) is 8.14. The van der Waals surface area contributed by atoms with Gasteiger partial charge in [0, 0.05) is 0 Å². The maximum absolute atomic E-state index is 2.42. The van der Waals surface area contributed by atoms with Crippen LogP contribution >= 0.6 is 0 Å². The summed E-state index contributed by atoms with van der Waals surface area (Å²) in [5, 5.41) is 0. The average molecular weight is 178 g/mol. The lowest BCUT2D eigenvalue weighted by molar-refractivity contribution is 1.02. The van der Waals surface area contributed by atoms with Crippen molar-refractivity contribution in [1.82, 2.24) is 0 Å². The Morgan fingerprint density at radius 1 is 1.00 bits per heavy atom. The molecule has 0 spiro atoms. The Kier molecular flexibility index (Phi) is 2.73. The molecule has 1 heteroatoms. The molecule has 1 aromatic rings. The Morgan fingerprint density at radius 2 is 1.50 bits per heavy atom. The Labute approximate surface area is 76.6 Å². The molecule has 1 atom stereocenters. The molecular formula is C11H18Si. The monoisotopic (exact) mass is 178 g/mol. The quantitative estimate of drug-likeness (QED) is 0.606. The zero-order valence-corrected chi connectivity index (χ0v) is 9.46. The number of hydrogen-bond acceptors (Lipinski definition) is 0. The lowest BCUT2D eigenvalue weighted by Crippen LogP contribution is -2.28. The third-order valence-electron chi connectivity index (χ3n) is 2.60. The van der Waals surface area contributed by atoms with Crippen molar-refractivity contribution < 1.29 is 0 Å². The highest BCUT2D eigenvalue weighted by molar-refractivity contribution is 6.77. The Morgan fingerprint density at radius 3 is 1.92 bits per heavy atom. The van der Waals surface area contributed by atoms with Crippen molar-refractivity contribution in [3.05, 3.63) is 35.9 Å². The summed E-state index contributed by atoms with van der Waals surface area (Å²) in [5.74, 6) is 0. The molecule has 0 N–H and O–H groups in total. The first-order valence-electron chi connectivity index (χ1n) is 4.57. The van der Waals surface area contributed by atoms with Gasteiger partial charge in [-0.25, -0.2) is 0 Å². The van der Waals surface area contributed by atoms with Crippen molar-refractivity contribution in [2.75, 3.05) is 0 Å². The van der Waals surface area contributed by atoms with Crippen LogP contribution in [0.25, 0.3) is 0 Å². The zero-order valence-electron chi connectivity index (χ0n) is 8.46. The fourth-order valence-corrected chi connectivity index (χ4v) is 2.43. The van der Waals surface area contributed by atoms with Crippen LogP contribution in [0.2, 0.25) is 19.6 Å². The molecule has 12 heavy (non-hydrogen) atoms. The first-order chi connectivity index (χ1) is 5.52. The summed E-state index contributed by atoms with van der Waals surface area (Å²) in [7, 11) is -1.00. The molecule has 0 aliphatic heterocycles. The van der Waals surface area contributed by atoms with Gasteiger partial charge in [0.15, 0.2) is 0 Å². The van der Waals surface area contributed by atoms with Gasteiger partial charge in [-0.2, -0.15) is 0 Å². The van der Waals surface area contributed by atoms with Crippen LogP contribution in [-0.2, 0) is 0 Å². The second kappa shape index (κ2) is 3.44. The molecule has 1 rings (SSSR count). The van der Waals surface area contributed by atoms with E-state index in [4.69, 9.17) is 0 Å². The number of hydrogen-bond donors (Lipinski definition) is 0. The van der Waals surface area contributed by atoms with Crippen molar-refractivity contribution in [1.29, 1.82) is 0 Å². The predicted octanol–water partition coefficient (Wildman–Crippen LogP) is 3.67. The van der Waals surface area contributed by atoms with E-state index in [1.54, 1.807) is 0 Å². The molecule has 0 aliphatic rings. The Hall–Kier alpha value is -0.563. The molecule has 0 saturated heterocycles. The highest BCUT2D eigenvalue weighted by Crippen LogP contribution is 2.25. The van der Waals surface area contributed by atoms with Gasteiger partial charge in [0.2, 0.25) is 0 Å². The Bertz CT molecular complexity index is 233. The lowest BCUT2D eigenvalue weighted by Gasteiger charge is -2.25. The summed E-state index contributed by atoms with van der Waals surface area (Å²) >= 11 is 0. The predicted molar refractivity (Wildman–Crippen MR) is 58.2 cm³/mol. The molecule has 66 valence electrons. The van der Waals surface area contributed by atoms with Gasteiger partial charge >= 0.3 is 0 Å². The highest BCUT2D eigenvalue weighted by atomic mass is 28.3. The summed E-state index contributed by atoms with van der Waals surface area (Å²) < 4.78 is 0. The van der Waals surface area contributed by atoms with Gasteiger partial charge in [-0.3, -0.25) is 0 Å². The molecule has 0 fully saturated rings. The first kappa shape index (κ1) is 9.52. The van der Waals surface area contributed by atoms with E-state index in [0.717, 1.165) is 5.54 Å².